The molecule has 0 radical (unpaired) electrons. The van der Waals surface area contributed by atoms with E-state index in [9.17, 15) is 4.79 Å². The van der Waals surface area contributed by atoms with Gasteiger partial charge in [-0.3, -0.25) is 0 Å². The predicted octanol–water partition coefficient (Wildman–Crippen LogP) is 2.22. The van der Waals surface area contributed by atoms with E-state index in [1.165, 1.54) is 18.4 Å². The van der Waals surface area contributed by atoms with Crippen molar-refractivity contribution in [3.63, 3.8) is 0 Å². The van der Waals surface area contributed by atoms with Crippen LogP contribution in [0, 0.1) is 0 Å². The topological polar surface area (TPSA) is 53.2 Å². The van der Waals surface area contributed by atoms with E-state index in [2.05, 4.69) is 28.1 Å². The molecule has 0 bridgehead atoms. The van der Waals surface area contributed by atoms with Crippen molar-refractivity contribution in [1.82, 2.24) is 10.6 Å². The molecule has 0 spiro atoms. The van der Waals surface area contributed by atoms with E-state index >= 15 is 0 Å². The molecular formula is C14H19N3O. The number of rotatable bonds is 5. The van der Waals surface area contributed by atoms with Crippen molar-refractivity contribution in [2.75, 3.05) is 5.32 Å². The van der Waals surface area contributed by atoms with Crippen LogP contribution in [0.15, 0.2) is 24.3 Å². The number of hydrogen-bond donors (Lipinski definition) is 3. The van der Waals surface area contributed by atoms with E-state index in [0.29, 0.717) is 6.04 Å². The summed E-state index contributed by atoms with van der Waals surface area (Å²) >= 11 is 0. The normalized spacial score (nSPS) is 18.4. The smallest absolute Gasteiger partial charge is 0.319 e. The van der Waals surface area contributed by atoms with Crippen LogP contribution in [-0.2, 0) is 6.54 Å². The highest BCUT2D eigenvalue weighted by Crippen LogP contribution is 2.20. The number of carbonyl (C=O) groups excluding carboxylic acids is 1. The Bertz CT molecular complexity index is 421. The molecule has 4 nitrogen and oxygen atoms in total. The summed E-state index contributed by atoms with van der Waals surface area (Å²) in [6, 6.07) is 9.05. The van der Waals surface area contributed by atoms with Crippen LogP contribution in [0.1, 0.15) is 31.2 Å². The summed E-state index contributed by atoms with van der Waals surface area (Å²) < 4.78 is 0. The molecule has 0 heterocycles. The SMILES string of the molecule is O=C(Nc1ccc(CNC2CC2)cc1)NC1CC1. The first-order valence-corrected chi connectivity index (χ1v) is 6.69. The Morgan fingerprint density at radius 2 is 1.72 bits per heavy atom. The second kappa shape index (κ2) is 4.98. The van der Waals surface area contributed by atoms with Gasteiger partial charge in [0.1, 0.15) is 0 Å². The third-order valence-electron chi connectivity index (χ3n) is 3.30. The van der Waals surface area contributed by atoms with Crippen LogP contribution in [0.2, 0.25) is 0 Å². The first kappa shape index (κ1) is 11.5. The summed E-state index contributed by atoms with van der Waals surface area (Å²) in [7, 11) is 0. The van der Waals surface area contributed by atoms with E-state index < -0.39 is 0 Å². The second-order valence-corrected chi connectivity index (χ2v) is 5.22. The van der Waals surface area contributed by atoms with Gasteiger partial charge in [-0.25, -0.2) is 4.79 Å². The van der Waals surface area contributed by atoms with Crippen molar-refractivity contribution in [3.8, 4) is 0 Å². The standard InChI is InChI=1S/C14H19N3O/c18-14(17-13-7-8-13)16-12-3-1-10(2-4-12)9-15-11-5-6-11/h1-4,11,13,15H,5-9H2,(H2,16,17,18). The van der Waals surface area contributed by atoms with Gasteiger partial charge in [0.2, 0.25) is 0 Å². The molecule has 0 atom stereocenters. The van der Waals surface area contributed by atoms with Gasteiger partial charge in [-0.15, -0.1) is 0 Å². The average Bonchev–Trinajstić information content (AvgIpc) is 3.23. The second-order valence-electron chi connectivity index (χ2n) is 5.22. The summed E-state index contributed by atoms with van der Waals surface area (Å²) in [6.45, 7) is 0.916. The fourth-order valence-electron chi connectivity index (χ4n) is 1.84. The lowest BCUT2D eigenvalue weighted by Crippen LogP contribution is -2.30. The van der Waals surface area contributed by atoms with Crippen molar-refractivity contribution in [1.29, 1.82) is 0 Å². The van der Waals surface area contributed by atoms with E-state index in [4.69, 9.17) is 0 Å². The van der Waals surface area contributed by atoms with E-state index in [1.54, 1.807) is 0 Å². The minimum absolute atomic E-state index is 0.0960. The van der Waals surface area contributed by atoms with Crippen LogP contribution in [0.25, 0.3) is 0 Å². The Morgan fingerprint density at radius 1 is 1.06 bits per heavy atom. The van der Waals surface area contributed by atoms with Gasteiger partial charge in [0.05, 0.1) is 0 Å². The van der Waals surface area contributed by atoms with Crippen molar-refractivity contribution < 1.29 is 4.79 Å². The van der Waals surface area contributed by atoms with Gasteiger partial charge in [-0.1, -0.05) is 12.1 Å². The third-order valence-corrected chi connectivity index (χ3v) is 3.30. The molecule has 1 aromatic rings. The van der Waals surface area contributed by atoms with Gasteiger partial charge < -0.3 is 16.0 Å². The lowest BCUT2D eigenvalue weighted by Gasteiger charge is -2.08. The summed E-state index contributed by atoms with van der Waals surface area (Å²) in [5.74, 6) is 0. The number of benzene rings is 1. The maximum Gasteiger partial charge on any atom is 0.319 e. The summed E-state index contributed by atoms with van der Waals surface area (Å²) in [5.41, 5.74) is 2.11. The molecule has 4 heteroatoms. The van der Waals surface area contributed by atoms with Crippen molar-refractivity contribution in [2.24, 2.45) is 0 Å². The molecule has 2 fully saturated rings. The summed E-state index contributed by atoms with van der Waals surface area (Å²) in [6.07, 6.45) is 4.83. The van der Waals surface area contributed by atoms with Crippen molar-refractivity contribution >= 4 is 11.7 Å². The van der Waals surface area contributed by atoms with Gasteiger partial charge >= 0.3 is 6.03 Å². The molecule has 2 saturated carbocycles. The van der Waals surface area contributed by atoms with Crippen LogP contribution in [0.5, 0.6) is 0 Å². The number of hydrogen-bond acceptors (Lipinski definition) is 2. The molecule has 0 unspecified atom stereocenters. The van der Waals surface area contributed by atoms with Crippen LogP contribution in [0.3, 0.4) is 0 Å². The van der Waals surface area contributed by atoms with Gasteiger partial charge in [-0.2, -0.15) is 0 Å². The number of carbonyl (C=O) groups is 1. The van der Waals surface area contributed by atoms with E-state index in [0.717, 1.165) is 31.1 Å². The largest absolute Gasteiger partial charge is 0.335 e. The van der Waals surface area contributed by atoms with Crippen LogP contribution in [0.4, 0.5) is 10.5 Å². The van der Waals surface area contributed by atoms with Gasteiger partial charge in [0.25, 0.3) is 0 Å². The molecule has 3 N–H and O–H groups in total. The zero-order valence-corrected chi connectivity index (χ0v) is 10.4. The van der Waals surface area contributed by atoms with E-state index in [-0.39, 0.29) is 6.03 Å². The number of urea groups is 1. The molecule has 0 saturated heterocycles. The first-order chi connectivity index (χ1) is 8.79. The van der Waals surface area contributed by atoms with E-state index in [1.807, 2.05) is 12.1 Å². The number of nitrogens with one attached hydrogen (secondary N) is 3. The van der Waals surface area contributed by atoms with Crippen LogP contribution < -0.4 is 16.0 Å². The van der Waals surface area contributed by atoms with Crippen molar-refractivity contribution in [3.05, 3.63) is 29.8 Å². The lowest BCUT2D eigenvalue weighted by molar-refractivity contribution is 0.251. The number of amides is 2. The fraction of sp³-hybridized carbons (Fsp3) is 0.500. The predicted molar refractivity (Wildman–Crippen MR) is 71.5 cm³/mol. The quantitative estimate of drug-likeness (QED) is 0.745. The molecule has 18 heavy (non-hydrogen) atoms. The molecule has 96 valence electrons. The highest BCUT2D eigenvalue weighted by Gasteiger charge is 2.23. The molecule has 2 aliphatic rings. The average molecular weight is 245 g/mol. The van der Waals surface area contributed by atoms with Crippen molar-refractivity contribution in [2.45, 2.75) is 44.3 Å². The van der Waals surface area contributed by atoms with Gasteiger partial charge in [0, 0.05) is 24.3 Å². The fourth-order valence-corrected chi connectivity index (χ4v) is 1.84. The minimum atomic E-state index is -0.0960. The third kappa shape index (κ3) is 3.47. The lowest BCUT2D eigenvalue weighted by atomic mass is 10.2. The van der Waals surface area contributed by atoms with Gasteiger partial charge in [0.15, 0.2) is 0 Å². The number of anilines is 1. The molecule has 0 aromatic heterocycles. The highest BCUT2D eigenvalue weighted by molar-refractivity contribution is 5.89. The Balaban J connectivity index is 1.47. The van der Waals surface area contributed by atoms with Crippen LogP contribution in [-0.4, -0.2) is 18.1 Å². The Hall–Kier alpha value is -1.55. The molecule has 1 aromatic carbocycles. The summed E-state index contributed by atoms with van der Waals surface area (Å²) in [4.78, 5) is 11.5. The Kier molecular flexibility index (Phi) is 3.19. The highest BCUT2D eigenvalue weighted by atomic mass is 16.2. The Morgan fingerprint density at radius 3 is 2.33 bits per heavy atom. The molecular weight excluding hydrogens is 226 g/mol. The molecule has 2 aliphatic carbocycles. The first-order valence-electron chi connectivity index (χ1n) is 6.69. The molecule has 3 rings (SSSR count). The molecule has 2 amide bonds. The summed E-state index contributed by atoms with van der Waals surface area (Å²) in [5, 5.41) is 9.22. The van der Waals surface area contributed by atoms with Gasteiger partial charge in [-0.05, 0) is 43.4 Å². The molecule has 0 aliphatic heterocycles. The Labute approximate surface area is 107 Å². The maximum atomic E-state index is 11.5. The zero-order valence-electron chi connectivity index (χ0n) is 10.4. The van der Waals surface area contributed by atoms with Crippen LogP contribution >= 0.6 is 0 Å². The minimum Gasteiger partial charge on any atom is -0.335 e. The zero-order chi connectivity index (χ0) is 12.4. The monoisotopic (exact) mass is 245 g/mol. The maximum absolute atomic E-state index is 11.5.